The first-order valence-corrected chi connectivity index (χ1v) is 8.85. The Hall–Kier alpha value is -1.06. The van der Waals surface area contributed by atoms with Gasteiger partial charge in [0.15, 0.2) is 0 Å². The topological polar surface area (TPSA) is 49.4 Å². The molecule has 0 aromatic heterocycles. The highest BCUT2D eigenvalue weighted by Crippen LogP contribution is 2.40. The summed E-state index contributed by atoms with van der Waals surface area (Å²) in [5.74, 6) is 0.530. The van der Waals surface area contributed by atoms with Gasteiger partial charge >= 0.3 is 0 Å². The molecule has 3 fully saturated rings. The number of carbonyl (C=O) groups excluding carboxylic acids is 2. The van der Waals surface area contributed by atoms with Gasteiger partial charge in [0.1, 0.15) is 6.04 Å². The highest BCUT2D eigenvalue weighted by atomic mass is 16.2. The number of β-lactam (4-membered cyclic amide) rings is 1. The van der Waals surface area contributed by atoms with E-state index in [0.29, 0.717) is 12.1 Å². The number of rotatable bonds is 4. The van der Waals surface area contributed by atoms with E-state index in [9.17, 15) is 9.59 Å². The molecule has 0 radical (unpaired) electrons. The molecule has 2 saturated carbocycles. The summed E-state index contributed by atoms with van der Waals surface area (Å²) in [7, 11) is 0. The van der Waals surface area contributed by atoms with Crippen LogP contribution in [0.3, 0.4) is 0 Å². The molecule has 2 aliphatic carbocycles. The predicted molar refractivity (Wildman–Crippen MR) is 81.7 cm³/mol. The van der Waals surface area contributed by atoms with Crippen molar-refractivity contribution in [2.45, 2.75) is 89.3 Å². The quantitative estimate of drug-likeness (QED) is 0.810. The molecule has 0 aromatic carbocycles. The van der Waals surface area contributed by atoms with Gasteiger partial charge < -0.3 is 10.2 Å². The third-order valence-electron chi connectivity index (χ3n) is 5.64. The highest BCUT2D eigenvalue weighted by molar-refractivity contribution is 5.93. The Balaban J connectivity index is 1.61. The Morgan fingerprint density at radius 1 is 1.14 bits per heavy atom. The van der Waals surface area contributed by atoms with Gasteiger partial charge in [0, 0.05) is 12.1 Å². The van der Waals surface area contributed by atoms with Crippen molar-refractivity contribution in [1.29, 1.82) is 0 Å². The van der Waals surface area contributed by atoms with Crippen LogP contribution in [-0.2, 0) is 9.59 Å². The first kappa shape index (κ1) is 14.9. The van der Waals surface area contributed by atoms with Gasteiger partial charge in [0.05, 0.1) is 5.92 Å². The smallest absolute Gasteiger partial charge is 0.243 e. The summed E-state index contributed by atoms with van der Waals surface area (Å²) in [5, 5.41) is 3.20. The van der Waals surface area contributed by atoms with Crippen LogP contribution >= 0.6 is 0 Å². The predicted octanol–water partition coefficient (Wildman–Crippen LogP) is 2.61. The largest absolute Gasteiger partial charge is 0.352 e. The number of likely N-dealkylation sites (tertiary alicyclic amines) is 1. The van der Waals surface area contributed by atoms with E-state index in [1.54, 1.807) is 0 Å². The van der Waals surface area contributed by atoms with E-state index in [2.05, 4.69) is 5.32 Å². The molecule has 1 saturated heterocycles. The number of nitrogens with one attached hydrogen (secondary N) is 1. The molecule has 3 unspecified atom stereocenters. The zero-order valence-electron chi connectivity index (χ0n) is 13.1. The molecule has 21 heavy (non-hydrogen) atoms. The zero-order valence-corrected chi connectivity index (χ0v) is 13.1. The standard InChI is InChI=1S/C17H28N2O2/c1-2-14(16(20)18-12-8-4-3-5-9-12)19-15-11-7-6-10-13(15)17(19)21/h12-15H,2-11H2,1H3,(H,18,20). The van der Waals surface area contributed by atoms with Crippen LogP contribution in [-0.4, -0.2) is 34.8 Å². The number of amides is 2. The van der Waals surface area contributed by atoms with E-state index in [-0.39, 0.29) is 23.8 Å². The molecule has 3 rings (SSSR count). The van der Waals surface area contributed by atoms with Crippen LogP contribution in [0.1, 0.15) is 71.1 Å². The second-order valence-corrected chi connectivity index (χ2v) is 6.97. The zero-order chi connectivity index (χ0) is 14.8. The average molecular weight is 292 g/mol. The van der Waals surface area contributed by atoms with Crippen LogP contribution in [0.4, 0.5) is 0 Å². The summed E-state index contributed by atoms with van der Waals surface area (Å²) >= 11 is 0. The molecule has 2 amide bonds. The molecule has 1 heterocycles. The van der Waals surface area contributed by atoms with Crippen molar-refractivity contribution < 1.29 is 9.59 Å². The molecule has 3 atom stereocenters. The van der Waals surface area contributed by atoms with E-state index in [0.717, 1.165) is 32.1 Å². The third kappa shape index (κ3) is 2.82. The Morgan fingerprint density at radius 3 is 2.52 bits per heavy atom. The maximum Gasteiger partial charge on any atom is 0.243 e. The fraction of sp³-hybridized carbons (Fsp3) is 0.882. The molecule has 1 N–H and O–H groups in total. The average Bonchev–Trinajstić information content (AvgIpc) is 2.52. The van der Waals surface area contributed by atoms with E-state index in [1.807, 2.05) is 11.8 Å². The minimum atomic E-state index is -0.237. The first-order chi connectivity index (χ1) is 10.2. The molecular weight excluding hydrogens is 264 g/mol. The normalized spacial score (nSPS) is 31.3. The maximum absolute atomic E-state index is 12.6. The number of hydrogen-bond acceptors (Lipinski definition) is 2. The van der Waals surface area contributed by atoms with Gasteiger partial charge in [-0.25, -0.2) is 0 Å². The highest BCUT2D eigenvalue weighted by Gasteiger charge is 2.51. The van der Waals surface area contributed by atoms with Gasteiger partial charge in [-0.15, -0.1) is 0 Å². The Labute approximate surface area is 127 Å². The van der Waals surface area contributed by atoms with Gasteiger partial charge in [-0.1, -0.05) is 39.0 Å². The monoisotopic (exact) mass is 292 g/mol. The fourth-order valence-corrected chi connectivity index (χ4v) is 4.44. The lowest BCUT2D eigenvalue weighted by atomic mass is 9.75. The second-order valence-electron chi connectivity index (χ2n) is 6.97. The van der Waals surface area contributed by atoms with Gasteiger partial charge in [-0.3, -0.25) is 9.59 Å². The Bertz CT molecular complexity index is 404. The van der Waals surface area contributed by atoms with E-state index < -0.39 is 0 Å². The number of carbonyl (C=O) groups is 2. The first-order valence-electron chi connectivity index (χ1n) is 8.85. The van der Waals surface area contributed by atoms with Crippen molar-refractivity contribution in [1.82, 2.24) is 10.2 Å². The summed E-state index contributed by atoms with van der Waals surface area (Å²) in [5.41, 5.74) is 0. The molecule has 0 aromatic rings. The molecule has 0 bridgehead atoms. The van der Waals surface area contributed by atoms with Crippen molar-refractivity contribution >= 4 is 11.8 Å². The maximum atomic E-state index is 12.6. The van der Waals surface area contributed by atoms with Crippen molar-refractivity contribution in [2.75, 3.05) is 0 Å². The number of fused-ring (bicyclic) bond motifs is 1. The van der Waals surface area contributed by atoms with Gasteiger partial charge in [0.25, 0.3) is 0 Å². The van der Waals surface area contributed by atoms with Crippen LogP contribution in [0.25, 0.3) is 0 Å². The van der Waals surface area contributed by atoms with E-state index >= 15 is 0 Å². The van der Waals surface area contributed by atoms with Gasteiger partial charge in [-0.05, 0) is 32.1 Å². The number of hydrogen-bond donors (Lipinski definition) is 1. The molecule has 4 nitrogen and oxygen atoms in total. The minimum absolute atomic E-state index is 0.0850. The van der Waals surface area contributed by atoms with Crippen LogP contribution in [0.2, 0.25) is 0 Å². The fourth-order valence-electron chi connectivity index (χ4n) is 4.44. The SMILES string of the molecule is CCC(C(=O)NC1CCCCC1)N1C(=O)C2CCCCC21. The molecule has 4 heteroatoms. The van der Waals surface area contributed by atoms with Crippen molar-refractivity contribution in [3.63, 3.8) is 0 Å². The van der Waals surface area contributed by atoms with Crippen molar-refractivity contribution in [2.24, 2.45) is 5.92 Å². The van der Waals surface area contributed by atoms with E-state index in [1.165, 1.54) is 32.1 Å². The Kier molecular flexibility index (Phi) is 4.51. The van der Waals surface area contributed by atoms with Crippen molar-refractivity contribution in [3.05, 3.63) is 0 Å². The van der Waals surface area contributed by atoms with E-state index in [4.69, 9.17) is 0 Å². The molecular formula is C17H28N2O2. The molecule has 118 valence electrons. The lowest BCUT2D eigenvalue weighted by molar-refractivity contribution is -0.168. The van der Waals surface area contributed by atoms with Crippen LogP contribution in [0, 0.1) is 5.92 Å². The van der Waals surface area contributed by atoms with Gasteiger partial charge in [-0.2, -0.15) is 0 Å². The molecule has 0 spiro atoms. The lowest BCUT2D eigenvalue weighted by Gasteiger charge is -2.52. The van der Waals surface area contributed by atoms with Gasteiger partial charge in [0.2, 0.25) is 11.8 Å². The Morgan fingerprint density at radius 2 is 1.81 bits per heavy atom. The molecule has 3 aliphatic rings. The van der Waals surface area contributed by atoms with Crippen molar-refractivity contribution in [3.8, 4) is 0 Å². The summed E-state index contributed by atoms with van der Waals surface area (Å²) in [4.78, 5) is 26.8. The number of nitrogens with zero attached hydrogens (tertiary/aromatic N) is 1. The van der Waals surface area contributed by atoms with Crippen LogP contribution < -0.4 is 5.32 Å². The van der Waals surface area contributed by atoms with Crippen LogP contribution in [0.15, 0.2) is 0 Å². The summed E-state index contributed by atoms with van der Waals surface area (Å²) in [6.45, 7) is 2.02. The molecule has 1 aliphatic heterocycles. The lowest BCUT2D eigenvalue weighted by Crippen LogP contribution is -2.68. The second kappa shape index (κ2) is 6.37. The summed E-state index contributed by atoms with van der Waals surface area (Å²) in [6.07, 6.45) is 11.1. The summed E-state index contributed by atoms with van der Waals surface area (Å²) in [6, 6.07) is 0.436. The third-order valence-corrected chi connectivity index (χ3v) is 5.64. The minimum Gasteiger partial charge on any atom is -0.352 e. The summed E-state index contributed by atoms with van der Waals surface area (Å²) < 4.78 is 0. The van der Waals surface area contributed by atoms with Crippen LogP contribution in [0.5, 0.6) is 0 Å².